The molecule has 2 unspecified atom stereocenters. The molecule has 5 rings (SSSR count). The number of anilines is 1. The maximum absolute atomic E-state index is 11.8. The molecule has 4 aliphatic rings. The van der Waals surface area contributed by atoms with Crippen LogP contribution in [0.25, 0.3) is 0 Å². The first-order valence-corrected chi connectivity index (χ1v) is 10.3. The summed E-state index contributed by atoms with van der Waals surface area (Å²) in [5.41, 5.74) is 1.89. The van der Waals surface area contributed by atoms with Crippen LogP contribution in [0.2, 0.25) is 0 Å². The number of nitrogens with zero attached hydrogens (tertiary/aromatic N) is 4. The summed E-state index contributed by atoms with van der Waals surface area (Å²) < 4.78 is 6.17. The lowest BCUT2D eigenvalue weighted by Crippen LogP contribution is -2.51. The van der Waals surface area contributed by atoms with Crippen molar-refractivity contribution in [1.29, 1.82) is 0 Å². The summed E-state index contributed by atoms with van der Waals surface area (Å²) in [6.07, 6.45) is 6.93. The smallest absolute Gasteiger partial charge is 0.215 e. The number of fused-ring (bicyclic) bond motifs is 2. The number of carbonyl (C=O) groups is 1. The van der Waals surface area contributed by atoms with Crippen LogP contribution in [0.4, 0.5) is 5.69 Å². The topological polar surface area (TPSA) is 70.1 Å². The second-order valence-corrected chi connectivity index (χ2v) is 8.34. The zero-order valence-electron chi connectivity index (χ0n) is 15.7. The molecule has 5 heterocycles. The van der Waals surface area contributed by atoms with Gasteiger partial charge in [-0.05, 0) is 18.9 Å². The number of ether oxygens (including phenoxy) is 1. The molecule has 0 aromatic carbocycles. The Balaban J connectivity index is 1.24. The maximum atomic E-state index is 11.8. The molecule has 2 bridgehead atoms. The van der Waals surface area contributed by atoms with E-state index in [1.165, 1.54) is 18.5 Å². The second kappa shape index (κ2) is 7.37. The first-order valence-electron chi connectivity index (χ1n) is 9.97. The third-order valence-electron chi connectivity index (χ3n) is 5.99. The van der Waals surface area contributed by atoms with Gasteiger partial charge >= 0.3 is 0 Å². The van der Waals surface area contributed by atoms with Gasteiger partial charge in [0, 0.05) is 62.3 Å². The maximum Gasteiger partial charge on any atom is 0.215 e. The lowest BCUT2D eigenvalue weighted by molar-refractivity contribution is -0.113. The third kappa shape index (κ3) is 3.49. The number of nitrogens with one attached hydrogen (secondary N) is 1. The molecule has 1 aromatic heterocycles. The number of hydrogen-bond acceptors (Lipinski definition) is 7. The minimum absolute atomic E-state index is 0.0179. The molecule has 3 saturated heterocycles. The lowest BCUT2D eigenvalue weighted by atomic mass is 10.2. The van der Waals surface area contributed by atoms with Crippen LogP contribution in [-0.2, 0) is 4.79 Å². The van der Waals surface area contributed by atoms with E-state index in [2.05, 4.69) is 31.2 Å². The van der Waals surface area contributed by atoms with E-state index in [-0.39, 0.29) is 23.5 Å². The van der Waals surface area contributed by atoms with E-state index in [1.54, 1.807) is 6.21 Å². The van der Waals surface area contributed by atoms with E-state index in [9.17, 15) is 4.79 Å². The van der Waals surface area contributed by atoms with Crippen LogP contribution in [0.15, 0.2) is 34.1 Å². The minimum Gasteiger partial charge on any atom is -0.472 e. The van der Waals surface area contributed by atoms with Gasteiger partial charge in [-0.25, -0.2) is 4.98 Å². The van der Waals surface area contributed by atoms with Gasteiger partial charge in [0.05, 0.1) is 12.2 Å². The highest BCUT2D eigenvalue weighted by atomic mass is 35.5. The number of dihydropyridines is 1. The number of allylic oxidation sites excluding steroid dienone is 1. The molecular weight excluding hydrogens is 378 g/mol. The van der Waals surface area contributed by atoms with E-state index in [1.807, 2.05) is 12.3 Å². The van der Waals surface area contributed by atoms with Crippen molar-refractivity contribution >= 4 is 29.3 Å². The lowest BCUT2D eigenvalue weighted by Gasteiger charge is -2.34. The summed E-state index contributed by atoms with van der Waals surface area (Å²) in [6.45, 7) is 3.68. The van der Waals surface area contributed by atoms with Crippen molar-refractivity contribution < 1.29 is 9.53 Å². The predicted octanol–water partition coefficient (Wildman–Crippen LogP) is 1.58. The molecule has 0 amide bonds. The second-order valence-electron chi connectivity index (χ2n) is 7.96. The number of Topliss-reactive ketones (excluding diaryl/α,β-unsaturated/α-hetero) is 1. The number of carbonyl (C=O) groups excluding carboxylic acids is 1. The summed E-state index contributed by atoms with van der Waals surface area (Å²) >= 11 is 6.19. The van der Waals surface area contributed by atoms with Crippen LogP contribution in [0.3, 0.4) is 0 Å². The van der Waals surface area contributed by atoms with E-state index >= 15 is 0 Å². The van der Waals surface area contributed by atoms with E-state index in [0.717, 1.165) is 26.1 Å². The number of hydrogen-bond donors (Lipinski definition) is 1. The SMILES string of the molecule is O=C1CN=CC(N2CC[C@@H](Oc3cc(N4CC5CCC(C4)N5)ccn3)C2)=C1Cl. The van der Waals surface area contributed by atoms with Crippen LogP contribution >= 0.6 is 11.6 Å². The average Bonchev–Trinajstić information content (AvgIpc) is 3.30. The molecular formula is C20H24ClN5O2. The third-order valence-corrected chi connectivity index (χ3v) is 6.40. The fourth-order valence-electron chi connectivity index (χ4n) is 4.59. The Morgan fingerprint density at radius 3 is 2.79 bits per heavy atom. The summed E-state index contributed by atoms with van der Waals surface area (Å²) in [5.74, 6) is 0.534. The van der Waals surface area contributed by atoms with Gasteiger partial charge in [-0.2, -0.15) is 0 Å². The molecule has 4 aliphatic heterocycles. The van der Waals surface area contributed by atoms with Gasteiger partial charge in [0.25, 0.3) is 0 Å². The molecule has 0 saturated carbocycles. The fourth-order valence-corrected chi connectivity index (χ4v) is 4.81. The van der Waals surface area contributed by atoms with Crippen molar-refractivity contribution in [1.82, 2.24) is 15.2 Å². The predicted molar refractivity (Wildman–Crippen MR) is 108 cm³/mol. The van der Waals surface area contributed by atoms with Crippen LogP contribution < -0.4 is 15.0 Å². The molecule has 3 fully saturated rings. The van der Waals surface area contributed by atoms with Crippen molar-refractivity contribution in [3.63, 3.8) is 0 Å². The van der Waals surface area contributed by atoms with Gasteiger partial charge in [0.2, 0.25) is 5.88 Å². The summed E-state index contributed by atoms with van der Waals surface area (Å²) in [7, 11) is 0. The molecule has 1 aromatic rings. The Bertz CT molecular complexity index is 830. The quantitative estimate of drug-likeness (QED) is 0.826. The fraction of sp³-hybridized carbons (Fsp3) is 0.550. The molecule has 1 N–H and O–H groups in total. The molecule has 3 atom stereocenters. The van der Waals surface area contributed by atoms with Crippen LogP contribution in [0, 0.1) is 0 Å². The van der Waals surface area contributed by atoms with Gasteiger partial charge in [-0.3, -0.25) is 9.79 Å². The van der Waals surface area contributed by atoms with Gasteiger partial charge in [-0.15, -0.1) is 0 Å². The zero-order valence-corrected chi connectivity index (χ0v) is 16.4. The van der Waals surface area contributed by atoms with E-state index in [0.29, 0.717) is 30.2 Å². The molecule has 7 nitrogen and oxygen atoms in total. The summed E-state index contributed by atoms with van der Waals surface area (Å²) in [4.78, 5) is 24.8. The Morgan fingerprint density at radius 2 is 1.96 bits per heavy atom. The summed E-state index contributed by atoms with van der Waals surface area (Å²) in [6, 6.07) is 5.30. The standard InChI is InChI=1S/C20H24ClN5O2/c21-20-17(8-22-9-18(20)27)25-6-4-16(12-25)28-19-7-15(3-5-23-19)26-10-13-1-2-14(11-26)24-13/h3,5,7-8,13-14,16,24H,1-2,4,6,9-12H2/t13?,14?,16-/m1/s1. The number of likely N-dealkylation sites (tertiary alicyclic amines) is 1. The first-order chi connectivity index (χ1) is 13.7. The van der Waals surface area contributed by atoms with Crippen molar-refractivity contribution in [3.05, 3.63) is 29.1 Å². The van der Waals surface area contributed by atoms with Crippen molar-refractivity contribution in [2.45, 2.75) is 37.5 Å². The highest BCUT2D eigenvalue weighted by Gasteiger charge is 2.33. The number of ketones is 1. The van der Waals surface area contributed by atoms with E-state index in [4.69, 9.17) is 16.3 Å². The first kappa shape index (κ1) is 17.9. The highest BCUT2D eigenvalue weighted by molar-refractivity contribution is 6.44. The van der Waals surface area contributed by atoms with Crippen LogP contribution in [0.1, 0.15) is 19.3 Å². The molecule has 148 valence electrons. The molecule has 0 spiro atoms. The summed E-state index contributed by atoms with van der Waals surface area (Å²) in [5, 5.41) is 3.94. The number of aromatic nitrogens is 1. The normalized spacial score (nSPS) is 29.8. The van der Waals surface area contributed by atoms with Gasteiger partial charge in [-0.1, -0.05) is 11.6 Å². The van der Waals surface area contributed by atoms with Gasteiger partial charge in [0.1, 0.15) is 17.7 Å². The average molecular weight is 402 g/mol. The Morgan fingerprint density at radius 1 is 1.14 bits per heavy atom. The molecule has 0 aliphatic carbocycles. The van der Waals surface area contributed by atoms with Crippen LogP contribution in [0.5, 0.6) is 5.88 Å². The van der Waals surface area contributed by atoms with Gasteiger partial charge < -0.3 is 19.9 Å². The Kier molecular flexibility index (Phi) is 4.72. The number of halogens is 1. The Hall–Kier alpha value is -2.12. The monoisotopic (exact) mass is 401 g/mol. The largest absolute Gasteiger partial charge is 0.472 e. The zero-order chi connectivity index (χ0) is 19.1. The van der Waals surface area contributed by atoms with Crippen molar-refractivity contribution in [2.24, 2.45) is 4.99 Å². The molecule has 0 radical (unpaired) electrons. The van der Waals surface area contributed by atoms with E-state index < -0.39 is 0 Å². The number of rotatable bonds is 4. The van der Waals surface area contributed by atoms with Crippen molar-refractivity contribution in [2.75, 3.05) is 37.6 Å². The number of aliphatic imine (C=N–C) groups is 1. The van der Waals surface area contributed by atoms with Crippen molar-refractivity contribution in [3.8, 4) is 5.88 Å². The number of piperazine rings is 1. The highest BCUT2D eigenvalue weighted by Crippen LogP contribution is 2.28. The minimum atomic E-state index is -0.122. The number of pyridine rings is 1. The Labute approximate surface area is 169 Å². The molecule has 28 heavy (non-hydrogen) atoms. The van der Waals surface area contributed by atoms with Crippen LogP contribution in [-0.4, -0.2) is 72.8 Å². The molecule has 8 heteroatoms. The van der Waals surface area contributed by atoms with Gasteiger partial charge in [0.15, 0.2) is 5.78 Å².